The SMILES string of the molecule is COC(=O)CCS(=O)(=O)C(=Cc1ccc(-c2c(F)cccc2F)o1)c1ncccn1. The Bertz CT molecular complexity index is 1170. The van der Waals surface area contributed by atoms with Crippen LogP contribution in [-0.4, -0.2) is 37.2 Å². The van der Waals surface area contributed by atoms with Crippen molar-refractivity contribution < 1.29 is 31.1 Å². The van der Waals surface area contributed by atoms with Crippen molar-refractivity contribution in [2.24, 2.45) is 0 Å². The van der Waals surface area contributed by atoms with E-state index >= 15 is 0 Å². The number of methoxy groups -OCH3 is 1. The van der Waals surface area contributed by atoms with Gasteiger partial charge in [-0.3, -0.25) is 4.79 Å². The van der Waals surface area contributed by atoms with Gasteiger partial charge in [0, 0.05) is 18.5 Å². The van der Waals surface area contributed by atoms with Gasteiger partial charge in [0.1, 0.15) is 28.1 Å². The average Bonchev–Trinajstić information content (AvgIpc) is 3.19. The molecule has 0 aliphatic heterocycles. The number of carbonyl (C=O) groups excluding carboxylic acids is 1. The van der Waals surface area contributed by atoms with Crippen LogP contribution in [0, 0.1) is 11.6 Å². The molecule has 0 aliphatic rings. The van der Waals surface area contributed by atoms with Crippen LogP contribution in [0.5, 0.6) is 0 Å². The van der Waals surface area contributed by atoms with E-state index in [-0.39, 0.29) is 34.2 Å². The molecule has 0 atom stereocenters. The summed E-state index contributed by atoms with van der Waals surface area (Å²) in [6, 6.07) is 7.57. The molecule has 0 amide bonds. The lowest BCUT2D eigenvalue weighted by atomic mass is 10.1. The smallest absolute Gasteiger partial charge is 0.306 e. The molecule has 0 N–H and O–H groups in total. The van der Waals surface area contributed by atoms with Gasteiger partial charge in [-0.05, 0) is 30.3 Å². The highest BCUT2D eigenvalue weighted by Crippen LogP contribution is 2.30. The van der Waals surface area contributed by atoms with Crippen molar-refractivity contribution in [3.63, 3.8) is 0 Å². The molecule has 10 heteroatoms. The molecule has 0 saturated heterocycles. The van der Waals surface area contributed by atoms with Crippen molar-refractivity contribution in [1.82, 2.24) is 9.97 Å². The van der Waals surface area contributed by atoms with Crippen LogP contribution in [0.4, 0.5) is 8.78 Å². The lowest BCUT2D eigenvalue weighted by Gasteiger charge is -2.07. The highest BCUT2D eigenvalue weighted by Gasteiger charge is 2.24. The number of nitrogens with zero attached hydrogens (tertiary/aromatic N) is 2. The van der Waals surface area contributed by atoms with Gasteiger partial charge in [-0.15, -0.1) is 0 Å². The number of sulfone groups is 1. The minimum atomic E-state index is -4.02. The van der Waals surface area contributed by atoms with Crippen LogP contribution in [0.2, 0.25) is 0 Å². The van der Waals surface area contributed by atoms with Gasteiger partial charge in [-0.2, -0.15) is 0 Å². The van der Waals surface area contributed by atoms with Crippen LogP contribution >= 0.6 is 0 Å². The van der Waals surface area contributed by atoms with E-state index in [0.717, 1.165) is 25.3 Å². The van der Waals surface area contributed by atoms with Crippen LogP contribution in [0.3, 0.4) is 0 Å². The Morgan fingerprint density at radius 3 is 2.40 bits per heavy atom. The molecule has 3 aromatic rings. The number of benzene rings is 1. The summed E-state index contributed by atoms with van der Waals surface area (Å²) in [7, 11) is -2.87. The summed E-state index contributed by atoms with van der Waals surface area (Å²) >= 11 is 0. The fourth-order valence-electron chi connectivity index (χ4n) is 2.58. The highest BCUT2D eigenvalue weighted by atomic mass is 32.2. The van der Waals surface area contributed by atoms with Gasteiger partial charge in [0.05, 0.1) is 24.8 Å². The maximum atomic E-state index is 14.0. The Kier molecular flexibility index (Phi) is 6.36. The van der Waals surface area contributed by atoms with E-state index < -0.39 is 33.2 Å². The van der Waals surface area contributed by atoms with E-state index in [4.69, 9.17) is 4.42 Å². The van der Waals surface area contributed by atoms with Crippen molar-refractivity contribution in [3.05, 3.63) is 72.0 Å². The number of aromatic nitrogens is 2. The average molecular weight is 434 g/mol. The summed E-state index contributed by atoms with van der Waals surface area (Å²) in [5.74, 6) is -3.10. The van der Waals surface area contributed by atoms with E-state index in [1.165, 1.54) is 36.7 Å². The third-order valence-corrected chi connectivity index (χ3v) is 5.75. The monoisotopic (exact) mass is 434 g/mol. The predicted octanol–water partition coefficient (Wildman–Crippen LogP) is 3.49. The van der Waals surface area contributed by atoms with Crippen LogP contribution in [-0.2, 0) is 19.4 Å². The number of hydrogen-bond donors (Lipinski definition) is 0. The van der Waals surface area contributed by atoms with Crippen LogP contribution in [0.25, 0.3) is 22.3 Å². The summed E-state index contributed by atoms with van der Waals surface area (Å²) < 4.78 is 63.6. The number of furan rings is 1. The molecule has 30 heavy (non-hydrogen) atoms. The van der Waals surface area contributed by atoms with Crippen molar-refractivity contribution in [2.45, 2.75) is 6.42 Å². The Morgan fingerprint density at radius 1 is 1.10 bits per heavy atom. The number of esters is 1. The van der Waals surface area contributed by atoms with Gasteiger partial charge in [-0.1, -0.05) is 6.07 Å². The largest absolute Gasteiger partial charge is 0.469 e. The minimum Gasteiger partial charge on any atom is -0.469 e. The van der Waals surface area contributed by atoms with E-state index in [1.54, 1.807) is 0 Å². The molecule has 0 unspecified atom stereocenters. The second-order valence-electron chi connectivity index (χ2n) is 6.02. The van der Waals surface area contributed by atoms with Crippen molar-refractivity contribution in [1.29, 1.82) is 0 Å². The molecule has 0 saturated carbocycles. The number of ether oxygens (including phenoxy) is 1. The molecule has 2 heterocycles. The Balaban J connectivity index is 2.03. The van der Waals surface area contributed by atoms with Crippen LogP contribution in [0.1, 0.15) is 18.0 Å². The summed E-state index contributed by atoms with van der Waals surface area (Å²) in [6.07, 6.45) is 3.49. The van der Waals surface area contributed by atoms with Gasteiger partial charge in [0.15, 0.2) is 15.7 Å². The zero-order chi connectivity index (χ0) is 21.7. The van der Waals surface area contributed by atoms with Crippen molar-refractivity contribution >= 4 is 26.8 Å². The van der Waals surface area contributed by atoms with Crippen LogP contribution < -0.4 is 0 Å². The minimum absolute atomic E-state index is 0.0109. The third kappa shape index (κ3) is 4.77. The van der Waals surface area contributed by atoms with Gasteiger partial charge >= 0.3 is 5.97 Å². The zero-order valence-electron chi connectivity index (χ0n) is 15.7. The molecule has 0 aliphatic carbocycles. The first-order chi connectivity index (χ1) is 14.3. The topological polar surface area (TPSA) is 99.4 Å². The first-order valence-electron chi connectivity index (χ1n) is 8.64. The summed E-state index contributed by atoms with van der Waals surface area (Å²) in [5, 5.41) is 0. The molecule has 7 nitrogen and oxygen atoms in total. The Hall–Kier alpha value is -3.40. The fourth-order valence-corrected chi connectivity index (χ4v) is 3.91. The first kappa shape index (κ1) is 21.3. The summed E-state index contributed by atoms with van der Waals surface area (Å²) in [6.45, 7) is 0. The second kappa shape index (κ2) is 8.95. The molecule has 3 rings (SSSR count). The fraction of sp³-hybridized carbons (Fsp3) is 0.150. The molecule has 1 aromatic carbocycles. The van der Waals surface area contributed by atoms with Crippen molar-refractivity contribution in [3.8, 4) is 11.3 Å². The highest BCUT2D eigenvalue weighted by molar-refractivity contribution is 8.00. The maximum absolute atomic E-state index is 14.0. The third-order valence-electron chi connectivity index (χ3n) is 4.03. The van der Waals surface area contributed by atoms with Crippen LogP contribution in [0.15, 0.2) is 53.2 Å². The number of carbonyl (C=O) groups is 1. The standard InChI is InChI=1S/C20H16F2N2O5S/c1-28-18(25)8-11-30(26,27)17(20-23-9-3-10-24-20)12-13-6-7-16(29-13)19-14(21)4-2-5-15(19)22/h2-7,9-10,12H,8,11H2,1H3. The normalized spacial score (nSPS) is 12.0. The first-order valence-corrected chi connectivity index (χ1v) is 10.3. The van der Waals surface area contributed by atoms with Gasteiger partial charge in [0.25, 0.3) is 0 Å². The Morgan fingerprint density at radius 2 is 1.77 bits per heavy atom. The zero-order valence-corrected chi connectivity index (χ0v) is 16.5. The number of halogens is 2. The molecular formula is C20H16F2N2O5S. The molecular weight excluding hydrogens is 418 g/mol. The van der Waals surface area contributed by atoms with E-state index in [1.807, 2.05) is 0 Å². The van der Waals surface area contributed by atoms with E-state index in [2.05, 4.69) is 14.7 Å². The van der Waals surface area contributed by atoms with E-state index in [9.17, 15) is 22.0 Å². The van der Waals surface area contributed by atoms with Gasteiger partial charge in [-0.25, -0.2) is 27.2 Å². The molecule has 2 aromatic heterocycles. The lowest BCUT2D eigenvalue weighted by Crippen LogP contribution is -2.14. The van der Waals surface area contributed by atoms with Gasteiger partial charge in [0.2, 0.25) is 0 Å². The molecule has 0 radical (unpaired) electrons. The molecule has 0 spiro atoms. The summed E-state index contributed by atoms with van der Waals surface area (Å²) in [5.41, 5.74) is -0.372. The van der Waals surface area contributed by atoms with Gasteiger partial charge < -0.3 is 9.15 Å². The quantitative estimate of drug-likeness (QED) is 0.525. The van der Waals surface area contributed by atoms with Crippen molar-refractivity contribution in [2.75, 3.05) is 12.9 Å². The molecule has 0 fully saturated rings. The molecule has 0 bridgehead atoms. The number of rotatable bonds is 7. The Labute approximate surface area is 171 Å². The predicted molar refractivity (Wildman–Crippen MR) is 104 cm³/mol. The van der Waals surface area contributed by atoms with E-state index in [0.29, 0.717) is 0 Å². The maximum Gasteiger partial charge on any atom is 0.306 e. The molecule has 156 valence electrons. The number of hydrogen-bond acceptors (Lipinski definition) is 7. The summed E-state index contributed by atoms with van der Waals surface area (Å²) in [4.78, 5) is 19.0. The lowest BCUT2D eigenvalue weighted by molar-refractivity contribution is -0.140. The second-order valence-corrected chi connectivity index (χ2v) is 8.10.